The third-order valence-corrected chi connectivity index (χ3v) is 3.47. The first kappa shape index (κ1) is 11.4. The van der Waals surface area contributed by atoms with Gasteiger partial charge in [0.1, 0.15) is 5.82 Å². The number of esters is 1. The maximum absolute atomic E-state index is 11.3. The maximum atomic E-state index is 11.3. The number of ether oxygens (including phenoxy) is 1. The Morgan fingerprint density at radius 2 is 2.11 bits per heavy atom. The fourth-order valence-corrected chi connectivity index (χ4v) is 2.07. The van der Waals surface area contributed by atoms with Gasteiger partial charge in [-0.1, -0.05) is 0 Å². The second-order valence-electron chi connectivity index (χ2n) is 5.08. The number of anilines is 1. The van der Waals surface area contributed by atoms with Crippen molar-refractivity contribution in [2.24, 2.45) is 5.92 Å². The van der Waals surface area contributed by atoms with Gasteiger partial charge in [-0.2, -0.15) is 0 Å². The van der Waals surface area contributed by atoms with Crippen LogP contribution in [0.3, 0.4) is 0 Å². The van der Waals surface area contributed by atoms with Crippen LogP contribution in [0.4, 0.5) is 5.82 Å². The highest BCUT2D eigenvalue weighted by Gasteiger charge is 2.34. The number of nitrogens with zero attached hydrogens (tertiary/aromatic N) is 3. The van der Waals surface area contributed by atoms with Crippen molar-refractivity contribution in [1.29, 1.82) is 0 Å². The molecule has 0 spiro atoms. The zero-order chi connectivity index (χ0) is 12.5. The molecule has 0 bridgehead atoms. The Balaban J connectivity index is 1.74. The average molecular weight is 247 g/mol. The molecule has 0 aliphatic heterocycles. The molecular formula is C13H17N3O2. The van der Waals surface area contributed by atoms with Crippen molar-refractivity contribution in [2.45, 2.75) is 31.7 Å². The van der Waals surface area contributed by atoms with E-state index in [-0.39, 0.29) is 5.69 Å². The highest BCUT2D eigenvalue weighted by Crippen LogP contribution is 2.36. The normalized spacial score (nSPS) is 18.5. The number of hydrogen-bond donors (Lipinski definition) is 0. The molecule has 96 valence electrons. The van der Waals surface area contributed by atoms with Crippen molar-refractivity contribution in [3.8, 4) is 0 Å². The van der Waals surface area contributed by atoms with Gasteiger partial charge in [0.05, 0.1) is 19.5 Å². The third-order valence-electron chi connectivity index (χ3n) is 3.47. The molecule has 0 unspecified atom stereocenters. The molecule has 5 heteroatoms. The van der Waals surface area contributed by atoms with Gasteiger partial charge in [-0.05, 0) is 31.6 Å². The predicted octanol–water partition coefficient (Wildman–Crippen LogP) is 1.64. The van der Waals surface area contributed by atoms with Crippen molar-refractivity contribution in [3.05, 3.63) is 18.1 Å². The first-order valence-corrected chi connectivity index (χ1v) is 6.45. The molecule has 0 N–H and O–H groups in total. The Kier molecular flexibility index (Phi) is 2.89. The van der Waals surface area contributed by atoms with Gasteiger partial charge in [0, 0.05) is 12.6 Å². The lowest BCUT2D eigenvalue weighted by atomic mass is 10.3. The summed E-state index contributed by atoms with van der Waals surface area (Å²) in [5, 5.41) is 0. The van der Waals surface area contributed by atoms with E-state index in [0.29, 0.717) is 6.04 Å². The Labute approximate surface area is 106 Å². The van der Waals surface area contributed by atoms with E-state index in [1.807, 2.05) is 0 Å². The summed E-state index contributed by atoms with van der Waals surface area (Å²) in [6.45, 7) is 1.08. The van der Waals surface area contributed by atoms with Crippen LogP contribution in [0.1, 0.15) is 36.2 Å². The van der Waals surface area contributed by atoms with Gasteiger partial charge >= 0.3 is 5.97 Å². The highest BCUT2D eigenvalue weighted by atomic mass is 16.5. The molecule has 1 aromatic rings. The summed E-state index contributed by atoms with van der Waals surface area (Å²) in [5.41, 5.74) is 0.267. The van der Waals surface area contributed by atoms with Crippen LogP contribution in [0.5, 0.6) is 0 Å². The first-order valence-electron chi connectivity index (χ1n) is 6.45. The van der Waals surface area contributed by atoms with Crippen LogP contribution in [0, 0.1) is 5.92 Å². The van der Waals surface area contributed by atoms with Gasteiger partial charge in [0.2, 0.25) is 0 Å². The minimum Gasteiger partial charge on any atom is -0.464 e. The van der Waals surface area contributed by atoms with Crippen LogP contribution in [0.15, 0.2) is 12.4 Å². The Hall–Kier alpha value is -1.65. The Morgan fingerprint density at radius 3 is 2.61 bits per heavy atom. The Bertz CT molecular complexity index is 438. The van der Waals surface area contributed by atoms with Crippen molar-refractivity contribution >= 4 is 11.8 Å². The molecule has 0 atom stereocenters. The van der Waals surface area contributed by atoms with E-state index in [1.54, 1.807) is 6.20 Å². The van der Waals surface area contributed by atoms with E-state index in [4.69, 9.17) is 0 Å². The number of rotatable bonds is 5. The molecule has 3 rings (SSSR count). The smallest absolute Gasteiger partial charge is 0.358 e. The molecule has 0 aromatic carbocycles. The minimum atomic E-state index is -0.436. The fourth-order valence-electron chi connectivity index (χ4n) is 2.07. The number of carbonyl (C=O) groups is 1. The van der Waals surface area contributed by atoms with Gasteiger partial charge < -0.3 is 9.64 Å². The van der Waals surface area contributed by atoms with Gasteiger partial charge in [-0.25, -0.2) is 14.8 Å². The quantitative estimate of drug-likeness (QED) is 0.740. The average Bonchev–Trinajstić information content (AvgIpc) is 3.28. The largest absolute Gasteiger partial charge is 0.464 e. The third kappa shape index (κ3) is 2.44. The van der Waals surface area contributed by atoms with E-state index in [2.05, 4.69) is 19.6 Å². The van der Waals surface area contributed by atoms with Crippen LogP contribution >= 0.6 is 0 Å². The van der Waals surface area contributed by atoms with Crippen molar-refractivity contribution in [1.82, 2.24) is 9.97 Å². The molecule has 2 aliphatic carbocycles. The van der Waals surface area contributed by atoms with E-state index >= 15 is 0 Å². The zero-order valence-corrected chi connectivity index (χ0v) is 10.5. The molecule has 5 nitrogen and oxygen atoms in total. The van der Waals surface area contributed by atoms with Crippen molar-refractivity contribution in [3.63, 3.8) is 0 Å². The molecule has 0 saturated heterocycles. The molecule has 0 amide bonds. The number of hydrogen-bond acceptors (Lipinski definition) is 5. The summed E-state index contributed by atoms with van der Waals surface area (Å²) < 4.78 is 4.62. The summed E-state index contributed by atoms with van der Waals surface area (Å²) in [6, 6.07) is 0.629. The van der Waals surface area contributed by atoms with Crippen LogP contribution in [0.25, 0.3) is 0 Å². The van der Waals surface area contributed by atoms with Gasteiger partial charge in [0.25, 0.3) is 0 Å². The molecule has 2 aliphatic rings. The summed E-state index contributed by atoms with van der Waals surface area (Å²) >= 11 is 0. The minimum absolute atomic E-state index is 0.267. The lowest BCUT2D eigenvalue weighted by Gasteiger charge is -2.22. The van der Waals surface area contributed by atoms with Crippen molar-refractivity contribution in [2.75, 3.05) is 18.6 Å². The van der Waals surface area contributed by atoms with Crippen LogP contribution in [-0.4, -0.2) is 35.6 Å². The SMILES string of the molecule is COC(=O)c1cnc(N(CC2CC2)C2CC2)cn1. The molecule has 1 aromatic heterocycles. The predicted molar refractivity (Wildman–Crippen MR) is 66.5 cm³/mol. The first-order chi connectivity index (χ1) is 8.78. The van der Waals surface area contributed by atoms with E-state index in [9.17, 15) is 4.79 Å². The lowest BCUT2D eigenvalue weighted by Crippen LogP contribution is -2.29. The van der Waals surface area contributed by atoms with Gasteiger partial charge in [-0.15, -0.1) is 0 Å². The summed E-state index contributed by atoms with van der Waals surface area (Å²) in [6.07, 6.45) is 8.34. The standard InChI is InChI=1S/C13H17N3O2/c1-18-13(17)11-6-15-12(7-14-11)16(10-4-5-10)8-9-2-3-9/h6-7,9-10H,2-5,8H2,1H3. The maximum Gasteiger partial charge on any atom is 0.358 e. The van der Waals surface area contributed by atoms with Gasteiger partial charge in [0.15, 0.2) is 5.69 Å². The van der Waals surface area contributed by atoms with Crippen LogP contribution in [0.2, 0.25) is 0 Å². The molecule has 0 radical (unpaired) electrons. The van der Waals surface area contributed by atoms with E-state index in [1.165, 1.54) is 39.0 Å². The van der Waals surface area contributed by atoms with E-state index < -0.39 is 5.97 Å². The zero-order valence-electron chi connectivity index (χ0n) is 10.5. The van der Waals surface area contributed by atoms with Crippen molar-refractivity contribution < 1.29 is 9.53 Å². The molecule has 2 fully saturated rings. The van der Waals surface area contributed by atoms with E-state index in [0.717, 1.165) is 18.3 Å². The topological polar surface area (TPSA) is 55.3 Å². The molecule has 2 saturated carbocycles. The highest BCUT2D eigenvalue weighted by molar-refractivity contribution is 5.86. The Morgan fingerprint density at radius 1 is 1.33 bits per heavy atom. The number of aromatic nitrogens is 2. The van der Waals surface area contributed by atoms with Gasteiger partial charge in [-0.3, -0.25) is 0 Å². The fraction of sp³-hybridized carbons (Fsp3) is 0.615. The summed E-state index contributed by atoms with van der Waals surface area (Å²) in [5.74, 6) is 1.28. The van der Waals surface area contributed by atoms with Crippen LogP contribution in [-0.2, 0) is 4.74 Å². The summed E-state index contributed by atoms with van der Waals surface area (Å²) in [4.78, 5) is 22.1. The van der Waals surface area contributed by atoms with Crippen LogP contribution < -0.4 is 4.90 Å². The molecular weight excluding hydrogens is 230 g/mol. The number of methoxy groups -OCH3 is 1. The molecule has 18 heavy (non-hydrogen) atoms. The monoisotopic (exact) mass is 247 g/mol. The second-order valence-corrected chi connectivity index (χ2v) is 5.08. The lowest BCUT2D eigenvalue weighted by molar-refractivity contribution is 0.0593. The summed E-state index contributed by atoms with van der Waals surface area (Å²) in [7, 11) is 1.35. The second kappa shape index (κ2) is 4.55. The molecule has 1 heterocycles. The number of carbonyl (C=O) groups excluding carboxylic acids is 1.